The third-order valence-electron chi connectivity index (χ3n) is 4.53. The van der Waals surface area contributed by atoms with Gasteiger partial charge in [-0.05, 0) is 42.3 Å². The van der Waals surface area contributed by atoms with Crippen molar-refractivity contribution in [1.29, 1.82) is 0 Å². The highest BCUT2D eigenvalue weighted by Gasteiger charge is 2.10. The van der Waals surface area contributed by atoms with Crippen LogP contribution in [0.1, 0.15) is 30.1 Å². The Morgan fingerprint density at radius 2 is 1.52 bits per heavy atom. The molecule has 0 saturated carbocycles. The number of para-hydroxylation sites is 1. The molecule has 0 atom stereocenters. The van der Waals surface area contributed by atoms with E-state index in [-0.39, 0.29) is 6.61 Å². The fraction of sp³-hybridized carbons (Fsp3) is 0.200. The molecule has 2 amide bonds. The number of benzene rings is 3. The van der Waals surface area contributed by atoms with Gasteiger partial charge in [0.2, 0.25) is 0 Å². The van der Waals surface area contributed by atoms with E-state index in [9.17, 15) is 9.59 Å². The Labute approximate surface area is 182 Å². The van der Waals surface area contributed by atoms with Crippen molar-refractivity contribution in [3.63, 3.8) is 0 Å². The number of hydrogen-bond acceptors (Lipinski definition) is 4. The van der Waals surface area contributed by atoms with E-state index >= 15 is 0 Å². The Morgan fingerprint density at radius 3 is 2.26 bits per heavy atom. The summed E-state index contributed by atoms with van der Waals surface area (Å²) in [7, 11) is 0. The maximum Gasteiger partial charge on any atom is 0.276 e. The minimum Gasteiger partial charge on any atom is -0.494 e. The summed E-state index contributed by atoms with van der Waals surface area (Å²) in [6.45, 7) is 2.51. The number of hydrazine groups is 1. The van der Waals surface area contributed by atoms with Gasteiger partial charge in [0.05, 0.1) is 6.61 Å². The Hall–Kier alpha value is -3.80. The second kappa shape index (κ2) is 11.4. The molecule has 31 heavy (non-hydrogen) atoms. The van der Waals surface area contributed by atoms with Crippen LogP contribution in [0, 0.1) is 0 Å². The van der Waals surface area contributed by atoms with Crippen LogP contribution in [0.25, 0.3) is 11.1 Å². The van der Waals surface area contributed by atoms with Crippen molar-refractivity contribution in [1.82, 2.24) is 10.9 Å². The van der Waals surface area contributed by atoms with E-state index in [1.54, 1.807) is 30.3 Å². The maximum absolute atomic E-state index is 12.2. The summed E-state index contributed by atoms with van der Waals surface area (Å²) in [5, 5.41) is 0. The second-order valence-electron chi connectivity index (χ2n) is 6.88. The molecule has 3 aromatic carbocycles. The predicted octanol–water partition coefficient (Wildman–Crippen LogP) is 4.37. The molecule has 0 radical (unpaired) electrons. The molecule has 0 aliphatic heterocycles. The molecule has 0 aromatic heterocycles. The van der Waals surface area contributed by atoms with Crippen molar-refractivity contribution in [3.05, 3.63) is 84.4 Å². The Bertz CT molecular complexity index is 988. The summed E-state index contributed by atoms with van der Waals surface area (Å²) >= 11 is 0. The number of carbonyl (C=O) groups excluding carboxylic acids is 2. The first-order valence-corrected chi connectivity index (χ1v) is 10.3. The fourth-order valence-corrected chi connectivity index (χ4v) is 2.86. The highest BCUT2D eigenvalue weighted by atomic mass is 16.5. The summed E-state index contributed by atoms with van der Waals surface area (Å²) in [5.41, 5.74) is 7.07. The van der Waals surface area contributed by atoms with Crippen LogP contribution >= 0.6 is 0 Å². The molecule has 0 aliphatic carbocycles. The summed E-state index contributed by atoms with van der Waals surface area (Å²) in [6, 6.07) is 24.0. The molecule has 6 heteroatoms. The first-order valence-electron chi connectivity index (χ1n) is 10.3. The Balaban J connectivity index is 1.48. The number of ether oxygens (including phenoxy) is 2. The van der Waals surface area contributed by atoms with Crippen LogP contribution in [0.15, 0.2) is 78.9 Å². The first kappa shape index (κ1) is 21.9. The molecule has 0 bridgehead atoms. The number of hydrogen-bond donors (Lipinski definition) is 2. The van der Waals surface area contributed by atoms with Gasteiger partial charge in [-0.25, -0.2) is 0 Å². The van der Waals surface area contributed by atoms with Crippen LogP contribution in [0.5, 0.6) is 11.5 Å². The van der Waals surface area contributed by atoms with Crippen LogP contribution in [0.2, 0.25) is 0 Å². The molecular weight excluding hydrogens is 392 g/mol. The van der Waals surface area contributed by atoms with Gasteiger partial charge in [-0.1, -0.05) is 61.9 Å². The van der Waals surface area contributed by atoms with Gasteiger partial charge in [0.1, 0.15) is 11.5 Å². The van der Waals surface area contributed by atoms with Crippen LogP contribution in [0.4, 0.5) is 0 Å². The van der Waals surface area contributed by atoms with E-state index in [0.717, 1.165) is 24.0 Å². The zero-order valence-corrected chi connectivity index (χ0v) is 17.5. The molecular formula is C25H26N2O4. The smallest absolute Gasteiger partial charge is 0.276 e. The van der Waals surface area contributed by atoms with Crippen molar-refractivity contribution in [2.75, 3.05) is 13.2 Å². The topological polar surface area (TPSA) is 76.7 Å². The monoisotopic (exact) mass is 418 g/mol. The summed E-state index contributed by atoms with van der Waals surface area (Å²) in [6.07, 6.45) is 2.04. The van der Waals surface area contributed by atoms with Gasteiger partial charge in [0.25, 0.3) is 11.8 Å². The van der Waals surface area contributed by atoms with Gasteiger partial charge in [0, 0.05) is 11.1 Å². The van der Waals surface area contributed by atoms with Gasteiger partial charge in [-0.15, -0.1) is 0 Å². The minimum absolute atomic E-state index is 0.228. The molecule has 3 aromatic rings. The zero-order chi connectivity index (χ0) is 21.9. The van der Waals surface area contributed by atoms with Crippen molar-refractivity contribution < 1.29 is 19.1 Å². The second-order valence-corrected chi connectivity index (χ2v) is 6.88. The number of amides is 2. The molecule has 0 spiro atoms. The van der Waals surface area contributed by atoms with Crippen LogP contribution in [0.3, 0.4) is 0 Å². The van der Waals surface area contributed by atoms with Crippen LogP contribution < -0.4 is 20.3 Å². The number of rotatable bonds is 9. The lowest BCUT2D eigenvalue weighted by molar-refractivity contribution is -0.123. The lowest BCUT2D eigenvalue weighted by Crippen LogP contribution is -2.43. The zero-order valence-electron chi connectivity index (χ0n) is 17.5. The van der Waals surface area contributed by atoms with E-state index in [1.165, 1.54) is 0 Å². The van der Waals surface area contributed by atoms with E-state index in [0.29, 0.717) is 23.7 Å². The van der Waals surface area contributed by atoms with E-state index in [4.69, 9.17) is 9.47 Å². The predicted molar refractivity (Wildman–Crippen MR) is 120 cm³/mol. The Morgan fingerprint density at radius 1 is 0.806 bits per heavy atom. The highest BCUT2D eigenvalue weighted by molar-refractivity contribution is 5.95. The van der Waals surface area contributed by atoms with E-state index in [2.05, 4.69) is 17.8 Å². The Kier molecular flexibility index (Phi) is 8.05. The third kappa shape index (κ3) is 6.60. The first-order chi connectivity index (χ1) is 15.2. The quantitative estimate of drug-likeness (QED) is 0.400. The lowest BCUT2D eigenvalue weighted by atomic mass is 10.1. The van der Waals surface area contributed by atoms with Gasteiger partial charge < -0.3 is 9.47 Å². The molecule has 3 rings (SSSR count). The van der Waals surface area contributed by atoms with Crippen LogP contribution in [-0.4, -0.2) is 25.0 Å². The highest BCUT2D eigenvalue weighted by Crippen LogP contribution is 2.29. The van der Waals surface area contributed by atoms with Gasteiger partial charge >= 0.3 is 0 Å². The van der Waals surface area contributed by atoms with Crippen LogP contribution in [-0.2, 0) is 4.79 Å². The number of nitrogens with one attached hydrogen (secondary N) is 2. The fourth-order valence-electron chi connectivity index (χ4n) is 2.86. The van der Waals surface area contributed by atoms with Crippen molar-refractivity contribution in [2.45, 2.75) is 19.8 Å². The maximum atomic E-state index is 12.2. The molecule has 0 saturated heterocycles. The molecule has 0 aliphatic rings. The van der Waals surface area contributed by atoms with E-state index in [1.807, 2.05) is 48.5 Å². The lowest BCUT2D eigenvalue weighted by Gasteiger charge is -2.12. The molecule has 0 unspecified atom stereocenters. The van der Waals surface area contributed by atoms with Crippen molar-refractivity contribution in [3.8, 4) is 22.6 Å². The van der Waals surface area contributed by atoms with Crippen molar-refractivity contribution >= 4 is 11.8 Å². The summed E-state index contributed by atoms with van der Waals surface area (Å²) in [4.78, 5) is 24.4. The summed E-state index contributed by atoms with van der Waals surface area (Å²) in [5.74, 6) is 0.419. The normalized spacial score (nSPS) is 10.2. The average Bonchev–Trinajstić information content (AvgIpc) is 2.82. The number of unbranched alkanes of at least 4 members (excludes halogenated alkanes) is 1. The van der Waals surface area contributed by atoms with Gasteiger partial charge in [-0.2, -0.15) is 0 Å². The molecule has 2 N–H and O–H groups in total. The summed E-state index contributed by atoms with van der Waals surface area (Å²) < 4.78 is 11.3. The molecule has 0 heterocycles. The third-order valence-corrected chi connectivity index (χ3v) is 4.53. The van der Waals surface area contributed by atoms with Crippen molar-refractivity contribution in [2.24, 2.45) is 0 Å². The standard InChI is InChI=1S/C25H26N2O4/c1-2-3-17-30-21-15-13-20(14-16-21)25(29)27-26-24(28)18-31-23-12-8-7-11-22(23)19-9-5-4-6-10-19/h4-16H,2-3,17-18H2,1H3,(H,26,28)(H,27,29). The number of carbonyl (C=O) groups is 2. The average molecular weight is 418 g/mol. The SMILES string of the molecule is CCCCOc1ccc(C(=O)NNC(=O)COc2ccccc2-c2ccccc2)cc1. The van der Waals surface area contributed by atoms with Gasteiger partial charge in [-0.3, -0.25) is 20.4 Å². The largest absolute Gasteiger partial charge is 0.494 e. The van der Waals surface area contributed by atoms with Gasteiger partial charge in [0.15, 0.2) is 6.61 Å². The minimum atomic E-state index is -0.462. The molecule has 0 fully saturated rings. The molecule has 6 nitrogen and oxygen atoms in total. The van der Waals surface area contributed by atoms with E-state index < -0.39 is 11.8 Å². The molecule has 160 valence electrons.